The van der Waals surface area contributed by atoms with Gasteiger partial charge in [-0.25, -0.2) is 4.98 Å². The number of hydrogen-bond donors (Lipinski definition) is 4. The highest BCUT2D eigenvalue weighted by Crippen LogP contribution is 2.31. The van der Waals surface area contributed by atoms with Crippen LogP contribution in [0.1, 0.15) is 6.23 Å². The largest absolute Gasteiger partial charge is 0.394 e. The Morgan fingerprint density at radius 3 is 2.89 bits per heavy atom. The fraction of sp³-hybridized carbons (Fsp3) is 0.455. The molecule has 102 valence electrons. The zero-order valence-corrected chi connectivity index (χ0v) is 10.6. The summed E-state index contributed by atoms with van der Waals surface area (Å²) in [5, 5.41) is 28.8. The maximum absolute atomic E-state index is 9.98. The Morgan fingerprint density at radius 1 is 1.42 bits per heavy atom. The van der Waals surface area contributed by atoms with E-state index in [0.29, 0.717) is 15.7 Å². The van der Waals surface area contributed by atoms with Crippen molar-refractivity contribution in [3.05, 3.63) is 23.1 Å². The molecule has 0 unspecified atom stereocenters. The molecule has 1 aliphatic heterocycles. The molecule has 4 N–H and O–H groups in total. The van der Waals surface area contributed by atoms with Crippen molar-refractivity contribution < 1.29 is 20.1 Å². The average molecular weight is 283 g/mol. The van der Waals surface area contributed by atoms with Crippen molar-refractivity contribution in [2.45, 2.75) is 24.5 Å². The number of ether oxygens (including phenoxy) is 1. The number of pyridine rings is 1. The first-order chi connectivity index (χ1) is 9.13. The molecule has 3 heterocycles. The molecule has 0 bridgehead atoms. The number of aromatic amines is 1. The van der Waals surface area contributed by atoms with Crippen molar-refractivity contribution >= 4 is 23.4 Å². The van der Waals surface area contributed by atoms with Crippen LogP contribution in [-0.4, -0.2) is 54.8 Å². The zero-order valence-electron chi connectivity index (χ0n) is 9.80. The van der Waals surface area contributed by atoms with Gasteiger partial charge in [0.15, 0.2) is 6.23 Å². The fourth-order valence-electron chi connectivity index (χ4n) is 2.26. The minimum absolute atomic E-state index is 0.364. The summed E-state index contributed by atoms with van der Waals surface area (Å²) in [4.78, 5) is 7.15. The average Bonchev–Trinajstić information content (AvgIpc) is 2.94. The molecule has 0 aliphatic carbocycles. The number of imidazole rings is 1. The molecule has 4 atom stereocenters. The van der Waals surface area contributed by atoms with E-state index >= 15 is 0 Å². The topological polar surface area (TPSA) is 104 Å². The second-order valence-electron chi connectivity index (χ2n) is 4.42. The number of rotatable bonds is 2. The molecular weight excluding hydrogens is 270 g/mol. The highest BCUT2D eigenvalue weighted by molar-refractivity contribution is 7.71. The summed E-state index contributed by atoms with van der Waals surface area (Å²) < 4.78 is 7.59. The molecule has 8 heteroatoms. The number of fused-ring (bicyclic) bond motifs is 1. The summed E-state index contributed by atoms with van der Waals surface area (Å²) in [7, 11) is 0. The Balaban J connectivity index is 2.06. The van der Waals surface area contributed by atoms with Gasteiger partial charge in [0.2, 0.25) is 0 Å². The molecule has 1 saturated heterocycles. The number of nitrogens with one attached hydrogen (secondary N) is 1. The standard InChI is InChI=1S/C11H13N3O4S/c15-3-5-8(16)9(17)11(18-5)14-4-13-7-6(19)1-2-12-10(7)14/h1-2,4-5,8-9,11,15-17H,3H2,(H,12,19)/t5-,8+,9+,11-/m1/s1. The fourth-order valence-corrected chi connectivity index (χ4v) is 2.48. The van der Waals surface area contributed by atoms with E-state index in [2.05, 4.69) is 9.97 Å². The van der Waals surface area contributed by atoms with Gasteiger partial charge in [-0.3, -0.25) is 4.57 Å². The maximum atomic E-state index is 9.98. The van der Waals surface area contributed by atoms with Crippen molar-refractivity contribution in [3.8, 4) is 0 Å². The van der Waals surface area contributed by atoms with Crippen LogP contribution in [0.15, 0.2) is 18.6 Å². The molecule has 7 nitrogen and oxygen atoms in total. The van der Waals surface area contributed by atoms with E-state index in [1.54, 1.807) is 16.8 Å². The predicted octanol–water partition coefficient (Wildman–Crippen LogP) is -0.295. The van der Waals surface area contributed by atoms with Gasteiger partial charge in [-0.2, -0.15) is 0 Å². The summed E-state index contributed by atoms with van der Waals surface area (Å²) in [5.41, 5.74) is 1.19. The molecular formula is C11H13N3O4S. The van der Waals surface area contributed by atoms with E-state index in [1.807, 2.05) is 0 Å². The van der Waals surface area contributed by atoms with E-state index < -0.39 is 24.5 Å². The first-order valence-corrected chi connectivity index (χ1v) is 6.21. The van der Waals surface area contributed by atoms with Crippen molar-refractivity contribution in [3.63, 3.8) is 0 Å². The van der Waals surface area contributed by atoms with Crippen LogP contribution in [0.3, 0.4) is 0 Å². The van der Waals surface area contributed by atoms with Crippen LogP contribution in [0.4, 0.5) is 0 Å². The number of H-pyrrole nitrogens is 1. The van der Waals surface area contributed by atoms with Gasteiger partial charge in [0, 0.05) is 6.20 Å². The van der Waals surface area contributed by atoms with Crippen LogP contribution in [0.5, 0.6) is 0 Å². The first-order valence-electron chi connectivity index (χ1n) is 5.80. The molecule has 0 aromatic carbocycles. The summed E-state index contributed by atoms with van der Waals surface area (Å²) in [6, 6.07) is 1.71. The molecule has 2 aromatic heterocycles. The molecule has 0 radical (unpaired) electrons. The molecule has 19 heavy (non-hydrogen) atoms. The van der Waals surface area contributed by atoms with Gasteiger partial charge in [0.1, 0.15) is 29.5 Å². The minimum Gasteiger partial charge on any atom is -0.394 e. The second-order valence-corrected chi connectivity index (χ2v) is 4.86. The van der Waals surface area contributed by atoms with Crippen LogP contribution in [0.2, 0.25) is 0 Å². The minimum atomic E-state index is -1.14. The lowest BCUT2D eigenvalue weighted by Gasteiger charge is -2.16. The van der Waals surface area contributed by atoms with E-state index in [1.165, 1.54) is 6.33 Å². The van der Waals surface area contributed by atoms with Crippen LogP contribution in [0.25, 0.3) is 11.2 Å². The number of nitrogens with zero attached hydrogens (tertiary/aromatic N) is 2. The van der Waals surface area contributed by atoms with Gasteiger partial charge in [-0.1, -0.05) is 12.2 Å². The Kier molecular flexibility index (Phi) is 3.11. The van der Waals surface area contributed by atoms with Crippen molar-refractivity contribution in [1.29, 1.82) is 0 Å². The van der Waals surface area contributed by atoms with Crippen LogP contribution in [-0.2, 0) is 4.74 Å². The monoisotopic (exact) mass is 283 g/mol. The van der Waals surface area contributed by atoms with E-state index in [-0.39, 0.29) is 6.61 Å². The van der Waals surface area contributed by atoms with Gasteiger partial charge >= 0.3 is 0 Å². The Bertz CT molecular complexity index is 655. The van der Waals surface area contributed by atoms with Crippen LogP contribution in [0, 0.1) is 4.51 Å². The van der Waals surface area contributed by atoms with Crippen LogP contribution < -0.4 is 0 Å². The first kappa shape index (κ1) is 12.7. The zero-order chi connectivity index (χ0) is 13.6. The number of aromatic nitrogens is 3. The summed E-state index contributed by atoms with van der Waals surface area (Å²) in [6.07, 6.45) is -0.758. The van der Waals surface area contributed by atoms with E-state index in [9.17, 15) is 10.2 Å². The SMILES string of the molecule is OC[C@H]1O[C@@H](n2cnc3c(=S)cc[nH]c32)[C@@H](O)[C@H]1O. The molecule has 0 spiro atoms. The van der Waals surface area contributed by atoms with Crippen molar-refractivity contribution in [2.24, 2.45) is 0 Å². The number of aliphatic hydroxyl groups excluding tert-OH is 3. The van der Waals surface area contributed by atoms with Crippen molar-refractivity contribution in [1.82, 2.24) is 14.5 Å². The molecule has 1 aliphatic rings. The van der Waals surface area contributed by atoms with Gasteiger partial charge in [0.05, 0.1) is 17.4 Å². The maximum Gasteiger partial charge on any atom is 0.165 e. The Hall–Kier alpha value is -1.32. The third-order valence-electron chi connectivity index (χ3n) is 3.27. The molecule has 0 amide bonds. The number of aliphatic hydroxyl groups is 3. The molecule has 0 saturated carbocycles. The number of hydrogen-bond acceptors (Lipinski definition) is 6. The van der Waals surface area contributed by atoms with Gasteiger partial charge < -0.3 is 25.0 Å². The summed E-state index contributed by atoms with van der Waals surface area (Å²) >= 11 is 5.15. The lowest BCUT2D eigenvalue weighted by molar-refractivity contribution is -0.0511. The third kappa shape index (κ3) is 1.88. The Morgan fingerprint density at radius 2 is 2.21 bits per heavy atom. The third-order valence-corrected chi connectivity index (χ3v) is 3.60. The smallest absolute Gasteiger partial charge is 0.165 e. The molecule has 3 rings (SSSR count). The lowest BCUT2D eigenvalue weighted by atomic mass is 10.1. The molecule has 2 aromatic rings. The van der Waals surface area contributed by atoms with Crippen LogP contribution >= 0.6 is 12.2 Å². The van der Waals surface area contributed by atoms with Gasteiger partial charge in [-0.15, -0.1) is 0 Å². The second kappa shape index (κ2) is 4.66. The van der Waals surface area contributed by atoms with Gasteiger partial charge in [-0.05, 0) is 6.07 Å². The highest BCUT2D eigenvalue weighted by Gasteiger charge is 2.43. The van der Waals surface area contributed by atoms with Gasteiger partial charge in [0.25, 0.3) is 0 Å². The highest BCUT2D eigenvalue weighted by atomic mass is 32.1. The summed E-state index contributed by atoms with van der Waals surface area (Å²) in [5.74, 6) is 0. The summed E-state index contributed by atoms with van der Waals surface area (Å²) in [6.45, 7) is -0.364. The molecule has 1 fully saturated rings. The quantitative estimate of drug-likeness (QED) is 0.565. The van der Waals surface area contributed by atoms with E-state index in [4.69, 9.17) is 22.1 Å². The van der Waals surface area contributed by atoms with Crippen molar-refractivity contribution in [2.75, 3.05) is 6.61 Å². The predicted molar refractivity (Wildman–Crippen MR) is 67.9 cm³/mol. The Labute approximate surface area is 113 Å². The normalized spacial score (nSPS) is 31.1. The van der Waals surface area contributed by atoms with E-state index in [0.717, 1.165) is 0 Å². The lowest BCUT2D eigenvalue weighted by Crippen LogP contribution is -2.33.